The number of carbonyl (C=O) groups is 3. The first-order valence-corrected chi connectivity index (χ1v) is 15.5. The highest BCUT2D eigenvalue weighted by Crippen LogP contribution is 2.31. The molecule has 4 aromatic rings. The highest BCUT2D eigenvalue weighted by molar-refractivity contribution is 5.99. The molecule has 0 aliphatic carbocycles. The Morgan fingerprint density at radius 1 is 0.898 bits per heavy atom. The molecule has 0 unspecified atom stereocenters. The number of anilines is 2. The van der Waals surface area contributed by atoms with Crippen LogP contribution < -0.4 is 26.7 Å². The second-order valence-corrected chi connectivity index (χ2v) is 11.5. The number of nitrogens with two attached hydrogens (primary N) is 3. The minimum Gasteiger partial charge on any atom is -0.494 e. The van der Waals surface area contributed by atoms with Crippen LogP contribution in [0.3, 0.4) is 0 Å². The van der Waals surface area contributed by atoms with Crippen molar-refractivity contribution in [1.29, 1.82) is 0 Å². The van der Waals surface area contributed by atoms with Gasteiger partial charge in [0.05, 0.1) is 36.4 Å². The molecule has 49 heavy (non-hydrogen) atoms. The van der Waals surface area contributed by atoms with Gasteiger partial charge in [0.15, 0.2) is 0 Å². The van der Waals surface area contributed by atoms with Gasteiger partial charge in [0.1, 0.15) is 29.1 Å². The Hall–Kier alpha value is -5.95. The minimum absolute atomic E-state index is 0.0381. The number of carboxylic acids is 1. The number of nitrogen functional groups attached to an aromatic ring is 2. The number of primary amides is 1. The third kappa shape index (κ3) is 7.79. The molecular formula is C33H39N9O7. The minimum atomic E-state index is -1.10. The van der Waals surface area contributed by atoms with E-state index in [-0.39, 0.29) is 41.8 Å². The van der Waals surface area contributed by atoms with Crippen molar-refractivity contribution in [3.63, 3.8) is 0 Å². The number of carboxylic acid groups (broad SMARTS) is 1. The van der Waals surface area contributed by atoms with E-state index in [1.807, 2.05) is 26.0 Å². The van der Waals surface area contributed by atoms with Crippen molar-refractivity contribution in [2.45, 2.75) is 33.0 Å². The van der Waals surface area contributed by atoms with Crippen LogP contribution in [0.1, 0.15) is 34.6 Å². The maximum absolute atomic E-state index is 12.1. The van der Waals surface area contributed by atoms with E-state index in [0.717, 1.165) is 0 Å². The molecule has 1 fully saturated rings. The molecule has 0 bridgehead atoms. The van der Waals surface area contributed by atoms with Gasteiger partial charge in [-0.3, -0.25) is 9.69 Å². The van der Waals surface area contributed by atoms with E-state index in [4.69, 9.17) is 31.4 Å². The molecule has 258 valence electrons. The second-order valence-electron chi connectivity index (χ2n) is 11.5. The lowest BCUT2D eigenvalue weighted by Crippen LogP contribution is -2.49. The van der Waals surface area contributed by atoms with E-state index in [1.54, 1.807) is 26.2 Å². The highest BCUT2D eigenvalue weighted by atomic mass is 16.6. The average Bonchev–Trinajstić information content (AvgIpc) is 3.56. The Balaban J connectivity index is 1.27. The summed E-state index contributed by atoms with van der Waals surface area (Å²) in [5, 5.41) is 9.42. The summed E-state index contributed by atoms with van der Waals surface area (Å²) >= 11 is 0. The van der Waals surface area contributed by atoms with E-state index in [0.29, 0.717) is 79.4 Å². The Morgan fingerprint density at radius 3 is 2.02 bits per heavy atom. The lowest BCUT2D eigenvalue weighted by Gasteiger charge is -2.33. The van der Waals surface area contributed by atoms with E-state index < -0.39 is 11.9 Å². The summed E-state index contributed by atoms with van der Waals surface area (Å²) in [7, 11) is 1.45. The SMILES string of the molecule is COc1cc(C(=O)O)cc2nc(N)n(CC=CCn3c(N)nc4cc(C(N)=O)cc(OCC#CCN5CCN(C(=O)OC(C)C)CC5)c43)c12. The summed E-state index contributed by atoms with van der Waals surface area (Å²) in [5.41, 5.74) is 20.2. The van der Waals surface area contributed by atoms with Gasteiger partial charge in [-0.25, -0.2) is 19.6 Å². The summed E-state index contributed by atoms with van der Waals surface area (Å²) in [6.45, 7) is 7.28. The predicted octanol–water partition coefficient (Wildman–Crippen LogP) is 2.16. The number of benzene rings is 2. The van der Waals surface area contributed by atoms with Gasteiger partial charge < -0.3 is 50.6 Å². The number of aromatic nitrogens is 4. The van der Waals surface area contributed by atoms with Crippen LogP contribution in [0.4, 0.5) is 16.7 Å². The van der Waals surface area contributed by atoms with Crippen LogP contribution in [0, 0.1) is 11.8 Å². The van der Waals surface area contributed by atoms with E-state index in [2.05, 4.69) is 26.7 Å². The van der Waals surface area contributed by atoms with Crippen LogP contribution >= 0.6 is 0 Å². The number of piperazine rings is 1. The number of rotatable bonds is 11. The number of ether oxygens (including phenoxy) is 3. The zero-order valence-electron chi connectivity index (χ0n) is 27.5. The lowest BCUT2D eigenvalue weighted by atomic mass is 10.1. The molecule has 7 N–H and O–H groups in total. The number of hydrogen-bond acceptors (Lipinski definition) is 11. The Labute approximate surface area is 282 Å². The number of nitrogens with zero attached hydrogens (tertiary/aromatic N) is 6. The summed E-state index contributed by atoms with van der Waals surface area (Å²) in [5.74, 6) is 5.45. The van der Waals surface area contributed by atoms with Crippen molar-refractivity contribution < 1.29 is 33.7 Å². The van der Waals surface area contributed by atoms with Gasteiger partial charge >= 0.3 is 12.1 Å². The molecule has 2 aromatic heterocycles. The Morgan fingerprint density at radius 2 is 1.47 bits per heavy atom. The summed E-state index contributed by atoms with van der Waals surface area (Å²) < 4.78 is 20.2. The molecule has 0 radical (unpaired) electrons. The Bertz CT molecular complexity index is 1980. The van der Waals surface area contributed by atoms with Gasteiger partial charge in [0.25, 0.3) is 0 Å². The normalized spacial score (nSPS) is 13.6. The summed E-state index contributed by atoms with van der Waals surface area (Å²) in [6.07, 6.45) is 3.24. The van der Waals surface area contributed by atoms with Gasteiger partial charge in [0, 0.05) is 44.8 Å². The van der Waals surface area contributed by atoms with Crippen LogP contribution in [0.2, 0.25) is 0 Å². The zero-order valence-corrected chi connectivity index (χ0v) is 27.5. The van der Waals surface area contributed by atoms with Crippen LogP contribution in [-0.4, -0.2) is 105 Å². The number of methoxy groups -OCH3 is 1. The van der Waals surface area contributed by atoms with Gasteiger partial charge in [0.2, 0.25) is 17.8 Å². The molecular weight excluding hydrogens is 634 g/mol. The molecule has 0 saturated carbocycles. The monoisotopic (exact) mass is 673 g/mol. The number of imidazole rings is 2. The fourth-order valence-corrected chi connectivity index (χ4v) is 5.45. The molecule has 1 aliphatic heterocycles. The maximum Gasteiger partial charge on any atom is 0.410 e. The summed E-state index contributed by atoms with van der Waals surface area (Å²) in [4.78, 5) is 48.3. The molecule has 0 atom stereocenters. The molecule has 1 aliphatic rings. The fraction of sp³-hybridized carbons (Fsp3) is 0.364. The van der Waals surface area contributed by atoms with Crippen molar-refractivity contribution in [2.24, 2.45) is 5.73 Å². The second kappa shape index (κ2) is 14.9. The van der Waals surface area contributed by atoms with Gasteiger partial charge in [-0.15, -0.1) is 0 Å². The van der Waals surface area contributed by atoms with Gasteiger partial charge in [-0.2, -0.15) is 0 Å². The van der Waals surface area contributed by atoms with E-state index >= 15 is 0 Å². The molecule has 16 heteroatoms. The molecule has 1 saturated heterocycles. The molecule has 5 rings (SSSR count). The number of hydrogen-bond donors (Lipinski definition) is 4. The fourth-order valence-electron chi connectivity index (χ4n) is 5.45. The molecule has 2 aromatic carbocycles. The van der Waals surface area contributed by atoms with Crippen LogP contribution in [0.25, 0.3) is 22.1 Å². The standard InChI is InChI=1S/C33H39N9O7/c1-20(2)49-33(46)40-13-11-39(12-14-40)8-6-7-15-48-26-18-21(29(34)43)16-23-28(26)42(32(36)37-23)10-5-4-9-41-27-24(38-31(41)35)17-22(30(44)45)19-25(27)47-3/h4-5,16-20H,8-15H2,1-3H3,(H2,34,43)(H2,35,38)(H2,36,37)(H,44,45). The van der Waals surface area contributed by atoms with Gasteiger partial charge in [-0.1, -0.05) is 24.0 Å². The number of amides is 2. The first-order chi connectivity index (χ1) is 23.5. The first-order valence-electron chi connectivity index (χ1n) is 15.5. The number of aromatic carboxylic acids is 1. The molecule has 2 amide bonds. The molecule has 3 heterocycles. The predicted molar refractivity (Wildman–Crippen MR) is 182 cm³/mol. The molecule has 16 nitrogen and oxygen atoms in total. The number of carbonyl (C=O) groups excluding carboxylic acids is 2. The first kappa shape index (κ1) is 34.4. The number of allylic oxidation sites excluding steroid dienone is 2. The maximum atomic E-state index is 12.1. The third-order valence-electron chi connectivity index (χ3n) is 7.86. The van der Waals surface area contributed by atoms with Crippen molar-refractivity contribution in [3.8, 4) is 23.3 Å². The van der Waals surface area contributed by atoms with Crippen molar-refractivity contribution >= 4 is 51.9 Å². The van der Waals surface area contributed by atoms with Gasteiger partial charge in [-0.05, 0) is 38.1 Å². The van der Waals surface area contributed by atoms with E-state index in [9.17, 15) is 19.5 Å². The van der Waals surface area contributed by atoms with Crippen molar-refractivity contribution in [2.75, 3.05) is 57.9 Å². The van der Waals surface area contributed by atoms with Crippen LogP contribution in [0.5, 0.6) is 11.5 Å². The third-order valence-corrected chi connectivity index (χ3v) is 7.86. The Kier molecular flexibility index (Phi) is 10.4. The van der Waals surface area contributed by atoms with Crippen molar-refractivity contribution in [3.05, 3.63) is 47.5 Å². The van der Waals surface area contributed by atoms with E-state index in [1.165, 1.54) is 19.2 Å². The smallest absolute Gasteiger partial charge is 0.410 e. The van der Waals surface area contributed by atoms with Crippen LogP contribution in [-0.2, 0) is 17.8 Å². The quantitative estimate of drug-likeness (QED) is 0.133. The number of fused-ring (bicyclic) bond motifs is 2. The summed E-state index contributed by atoms with van der Waals surface area (Å²) in [6, 6.07) is 5.96. The highest BCUT2D eigenvalue weighted by Gasteiger charge is 2.22. The average molecular weight is 674 g/mol. The van der Waals surface area contributed by atoms with Crippen molar-refractivity contribution in [1.82, 2.24) is 28.9 Å². The topological polar surface area (TPSA) is 219 Å². The largest absolute Gasteiger partial charge is 0.494 e. The molecule has 0 spiro atoms. The zero-order chi connectivity index (χ0) is 35.2. The van der Waals surface area contributed by atoms with Crippen LogP contribution in [0.15, 0.2) is 36.4 Å². The lowest BCUT2D eigenvalue weighted by molar-refractivity contribution is 0.0593.